The number of rotatable bonds is 2. The predicted molar refractivity (Wildman–Crippen MR) is 120 cm³/mol. The topological polar surface area (TPSA) is 0 Å². The quantitative estimate of drug-likeness (QED) is 0.277. The molecule has 0 fully saturated rings. The Balaban J connectivity index is 0.000000934. The van der Waals surface area contributed by atoms with E-state index in [0.29, 0.717) is 0 Å². The Morgan fingerprint density at radius 3 is 2.21 bits per heavy atom. The van der Waals surface area contributed by atoms with Crippen molar-refractivity contribution in [2.24, 2.45) is 0 Å². The molecule has 1 radical (unpaired) electrons. The first-order valence-corrected chi connectivity index (χ1v) is 8.95. The second kappa shape index (κ2) is 8.58. The average molecular weight is 441 g/mol. The van der Waals surface area contributed by atoms with Crippen LogP contribution in [0.15, 0.2) is 78.9 Å². The summed E-state index contributed by atoms with van der Waals surface area (Å²) in [4.78, 5) is 0. The Hall–Kier alpha value is -1.98. The molecule has 0 saturated heterocycles. The zero-order chi connectivity index (χ0) is 16.9. The van der Waals surface area contributed by atoms with Crippen LogP contribution in [0.25, 0.3) is 33.7 Å². The summed E-state index contributed by atoms with van der Waals surface area (Å²) in [5.41, 5.74) is 1.20. The number of benzene rings is 4. The van der Waals surface area contributed by atoms with Crippen LogP contribution in [0.5, 0.6) is 0 Å². The molecule has 0 nitrogen and oxygen atoms in total. The molecule has 0 saturated carbocycles. The fraction of sp³-hybridized carbons (Fsp3) is 0.111. The standard InChI is InChI=1S/C25H19.2CH3.Zr/c1-2-25(16-20-9-3-4-10-21(20)17-25)23-13-7-11-19-15-14-18-8-5-6-12-22(18)24(19)23;;;/h3-16H,2H2,1H3;2*1H3;/q3*-1;+3. The second-order valence-electron chi connectivity index (χ2n) is 6.87. The Labute approximate surface area is 187 Å². The summed E-state index contributed by atoms with van der Waals surface area (Å²) < 4.78 is 0. The van der Waals surface area contributed by atoms with Gasteiger partial charge in [0.25, 0.3) is 0 Å². The summed E-state index contributed by atoms with van der Waals surface area (Å²) in [6, 6.07) is 28.4. The number of fused-ring (bicyclic) bond motifs is 4. The van der Waals surface area contributed by atoms with E-state index in [1.807, 2.05) is 0 Å². The summed E-state index contributed by atoms with van der Waals surface area (Å²) in [6.45, 7) is 2.26. The molecule has 0 spiro atoms. The molecule has 0 bridgehead atoms. The van der Waals surface area contributed by atoms with Crippen molar-refractivity contribution in [2.75, 3.05) is 0 Å². The van der Waals surface area contributed by atoms with Crippen LogP contribution < -0.4 is 10.4 Å². The molecule has 1 heteroatoms. The Bertz CT molecular complexity index is 1200. The van der Waals surface area contributed by atoms with Crippen molar-refractivity contribution in [1.82, 2.24) is 0 Å². The van der Waals surface area contributed by atoms with Gasteiger partial charge in [-0.25, -0.2) is 0 Å². The van der Waals surface area contributed by atoms with Gasteiger partial charge < -0.3 is 14.9 Å². The second-order valence-corrected chi connectivity index (χ2v) is 6.87. The van der Waals surface area contributed by atoms with Crippen molar-refractivity contribution in [2.45, 2.75) is 18.8 Å². The smallest absolute Gasteiger partial charge is 0.358 e. The minimum absolute atomic E-state index is 0. The van der Waals surface area contributed by atoms with Gasteiger partial charge in [-0.2, -0.15) is 17.4 Å². The summed E-state index contributed by atoms with van der Waals surface area (Å²) in [5.74, 6) is 0. The molecule has 1 atom stereocenters. The van der Waals surface area contributed by atoms with Crippen molar-refractivity contribution < 1.29 is 26.2 Å². The Morgan fingerprint density at radius 1 is 0.750 bits per heavy atom. The van der Waals surface area contributed by atoms with Gasteiger partial charge in [0.1, 0.15) is 0 Å². The first-order valence-electron chi connectivity index (χ1n) is 8.95. The molecule has 1 aliphatic carbocycles. The number of hydrogen-bond donors (Lipinski definition) is 0. The van der Waals surface area contributed by atoms with Gasteiger partial charge in [-0.15, -0.1) is 23.4 Å². The van der Waals surface area contributed by atoms with Crippen molar-refractivity contribution in [1.29, 1.82) is 0 Å². The van der Waals surface area contributed by atoms with E-state index < -0.39 is 0 Å². The molecule has 0 N–H and O–H groups in total. The molecule has 0 aliphatic heterocycles. The van der Waals surface area contributed by atoms with Crippen molar-refractivity contribution in [3.8, 4) is 0 Å². The van der Waals surface area contributed by atoms with Crippen LogP contribution >= 0.6 is 0 Å². The van der Waals surface area contributed by atoms with Crippen molar-refractivity contribution in [3.05, 3.63) is 110 Å². The monoisotopic (exact) mass is 439 g/mol. The van der Waals surface area contributed by atoms with Gasteiger partial charge in [-0.05, 0) is 32.5 Å². The molecule has 0 aromatic heterocycles. The predicted octanol–water partition coefficient (Wildman–Crippen LogP) is 5.69. The van der Waals surface area contributed by atoms with Crippen LogP contribution in [0.1, 0.15) is 18.9 Å². The first-order chi connectivity index (χ1) is 12.3. The normalized spacial score (nSPS) is 16.8. The third-order valence-corrected chi connectivity index (χ3v) is 5.53. The summed E-state index contributed by atoms with van der Waals surface area (Å²) in [5, 5.41) is 7.80. The van der Waals surface area contributed by atoms with Gasteiger partial charge in [-0.1, -0.05) is 74.0 Å². The van der Waals surface area contributed by atoms with Gasteiger partial charge in [-0.3, -0.25) is 0 Å². The van der Waals surface area contributed by atoms with Crippen molar-refractivity contribution in [3.63, 3.8) is 0 Å². The van der Waals surface area contributed by atoms with E-state index in [1.54, 1.807) is 0 Å². The largest absolute Gasteiger partial charge is 3.00 e. The zero-order valence-corrected chi connectivity index (χ0v) is 19.2. The molecule has 0 amide bonds. The zero-order valence-electron chi connectivity index (χ0n) is 16.8. The van der Waals surface area contributed by atoms with E-state index in [-0.39, 0.29) is 46.5 Å². The van der Waals surface area contributed by atoms with Gasteiger partial charge in [0.05, 0.1) is 0 Å². The SMILES string of the molecule is CCC1(c2cccc3ccc4ccccc4c23)[C-]=c2ccccc2=C1.[CH3-].[CH3-].[Zr+3]. The summed E-state index contributed by atoms with van der Waals surface area (Å²) in [7, 11) is 0. The van der Waals surface area contributed by atoms with Gasteiger partial charge in [0.2, 0.25) is 0 Å². The Kier molecular flexibility index (Phi) is 6.84. The van der Waals surface area contributed by atoms with E-state index in [1.165, 1.54) is 37.5 Å². The average Bonchev–Trinajstić information content (AvgIpc) is 3.07. The van der Waals surface area contributed by atoms with Gasteiger partial charge in [0.15, 0.2) is 0 Å². The molecular formula is C27H25Zr. The third-order valence-electron chi connectivity index (χ3n) is 5.53. The number of hydrogen-bond acceptors (Lipinski definition) is 0. The molecule has 1 aliphatic rings. The molecule has 1 unspecified atom stereocenters. The molecule has 4 aromatic rings. The maximum Gasteiger partial charge on any atom is 3.00 e. The van der Waals surface area contributed by atoms with Gasteiger partial charge in [0, 0.05) is 0 Å². The fourth-order valence-corrected chi connectivity index (χ4v) is 4.24. The minimum Gasteiger partial charge on any atom is -0.358 e. The maximum absolute atomic E-state index is 3.82. The molecule has 4 aromatic carbocycles. The summed E-state index contributed by atoms with van der Waals surface area (Å²) >= 11 is 0. The van der Waals surface area contributed by atoms with E-state index in [9.17, 15) is 0 Å². The van der Waals surface area contributed by atoms with Crippen LogP contribution in [-0.2, 0) is 31.6 Å². The molecule has 28 heavy (non-hydrogen) atoms. The van der Waals surface area contributed by atoms with E-state index in [4.69, 9.17) is 0 Å². The molecule has 0 heterocycles. The third kappa shape index (κ3) is 3.31. The minimum atomic E-state index is -0.159. The van der Waals surface area contributed by atoms with Crippen LogP contribution in [0, 0.1) is 14.9 Å². The van der Waals surface area contributed by atoms with E-state index >= 15 is 0 Å². The molecule has 137 valence electrons. The fourth-order valence-electron chi connectivity index (χ4n) is 4.24. The van der Waals surface area contributed by atoms with Crippen LogP contribution in [0.3, 0.4) is 0 Å². The first kappa shape index (κ1) is 22.3. The molecular weight excluding hydrogens is 416 g/mol. The molecule has 5 rings (SSSR count). The Morgan fingerprint density at radius 2 is 1.43 bits per heavy atom. The van der Waals surface area contributed by atoms with Crippen LogP contribution in [0.4, 0.5) is 0 Å². The van der Waals surface area contributed by atoms with E-state index in [0.717, 1.165) is 6.42 Å². The van der Waals surface area contributed by atoms with E-state index in [2.05, 4.69) is 97.9 Å². The summed E-state index contributed by atoms with van der Waals surface area (Å²) in [6.07, 6.45) is 7.22. The van der Waals surface area contributed by atoms with Gasteiger partial charge >= 0.3 is 26.2 Å². The maximum atomic E-state index is 3.82. The van der Waals surface area contributed by atoms with Crippen LogP contribution in [0.2, 0.25) is 0 Å². The van der Waals surface area contributed by atoms with Crippen molar-refractivity contribution >= 4 is 33.7 Å². The van der Waals surface area contributed by atoms with Crippen LogP contribution in [-0.4, -0.2) is 0 Å².